The van der Waals surface area contributed by atoms with Gasteiger partial charge in [-0.25, -0.2) is 0 Å². The fraction of sp³-hybridized carbons (Fsp3) is 0.500. The molecule has 2 rings (SSSR count). The van der Waals surface area contributed by atoms with Crippen LogP contribution < -0.4 is 15.4 Å². The summed E-state index contributed by atoms with van der Waals surface area (Å²) in [5.41, 5.74) is 5.46. The Morgan fingerprint density at radius 3 is 2.57 bits per heavy atom. The molecule has 1 aromatic carbocycles. The highest BCUT2D eigenvalue weighted by Crippen LogP contribution is 2.39. The van der Waals surface area contributed by atoms with Crippen LogP contribution in [0.1, 0.15) is 31.9 Å². The molecule has 1 aliphatic rings. The number of nitrogens with two attached hydrogens (primary N) is 1. The van der Waals surface area contributed by atoms with Crippen LogP contribution in [0.4, 0.5) is 18.9 Å². The van der Waals surface area contributed by atoms with Gasteiger partial charge in [0, 0.05) is 6.54 Å². The van der Waals surface area contributed by atoms with Crippen LogP contribution in [0.5, 0.6) is 5.75 Å². The fourth-order valence-electron chi connectivity index (χ4n) is 2.31. The van der Waals surface area contributed by atoms with E-state index in [0.717, 1.165) is 0 Å². The van der Waals surface area contributed by atoms with E-state index in [4.69, 9.17) is 10.5 Å². The van der Waals surface area contributed by atoms with Crippen LogP contribution in [0.15, 0.2) is 18.2 Å². The van der Waals surface area contributed by atoms with Gasteiger partial charge in [0.2, 0.25) is 0 Å². The fourth-order valence-corrected chi connectivity index (χ4v) is 2.31. The Labute approximate surface area is 120 Å². The lowest BCUT2D eigenvalue weighted by molar-refractivity contribution is -0.149. The summed E-state index contributed by atoms with van der Waals surface area (Å²) in [4.78, 5) is 13.6. The molecule has 0 bridgehead atoms. The van der Waals surface area contributed by atoms with Crippen molar-refractivity contribution in [3.8, 4) is 5.75 Å². The van der Waals surface area contributed by atoms with Crippen molar-refractivity contribution in [3.63, 3.8) is 0 Å². The normalized spacial score (nSPS) is 20.0. The molecule has 0 aliphatic carbocycles. The number of nitrogens with zero attached hydrogens (tertiary/aromatic N) is 1. The van der Waals surface area contributed by atoms with E-state index in [1.807, 2.05) is 6.92 Å². The summed E-state index contributed by atoms with van der Waals surface area (Å²) in [5.74, 6) is 0.159. The summed E-state index contributed by atoms with van der Waals surface area (Å²) in [7, 11) is 0. The number of ether oxygens (including phenoxy) is 1. The number of rotatable bonds is 3. The van der Waals surface area contributed by atoms with Gasteiger partial charge in [-0.1, -0.05) is 13.0 Å². The van der Waals surface area contributed by atoms with Gasteiger partial charge in [-0.2, -0.15) is 13.2 Å². The molecule has 2 N–H and O–H groups in total. The topological polar surface area (TPSA) is 55.6 Å². The highest BCUT2D eigenvalue weighted by Gasteiger charge is 2.39. The quantitative estimate of drug-likeness (QED) is 0.934. The number of alkyl halides is 3. The number of amides is 1. The number of halogens is 3. The molecule has 2 atom stereocenters. The summed E-state index contributed by atoms with van der Waals surface area (Å²) in [6.07, 6.45) is -4.63. The van der Waals surface area contributed by atoms with Crippen LogP contribution in [0, 0.1) is 0 Å². The van der Waals surface area contributed by atoms with Crippen LogP contribution in [0.2, 0.25) is 0 Å². The van der Waals surface area contributed by atoms with E-state index in [1.54, 1.807) is 6.92 Å². The molecule has 1 heterocycles. The summed E-state index contributed by atoms with van der Waals surface area (Å²) in [6, 6.07) is 1.92. The Morgan fingerprint density at radius 1 is 1.38 bits per heavy atom. The third-order valence-corrected chi connectivity index (χ3v) is 3.48. The summed E-state index contributed by atoms with van der Waals surface area (Å²) in [6.45, 7) is 3.93. The van der Waals surface area contributed by atoms with E-state index < -0.39 is 18.3 Å². The Hall–Kier alpha value is -1.76. The maximum absolute atomic E-state index is 12.7. The first-order chi connectivity index (χ1) is 9.79. The number of hydrogen-bond acceptors (Lipinski definition) is 3. The molecule has 0 radical (unpaired) electrons. The SMILES string of the molecule is CCC1Oc2ccc(C(N)C(F)(F)F)cc2N(CC)C1=O. The minimum Gasteiger partial charge on any atom is -0.478 e. The Kier molecular flexibility index (Phi) is 4.13. The van der Waals surface area contributed by atoms with Gasteiger partial charge < -0.3 is 15.4 Å². The average molecular weight is 302 g/mol. The number of hydrogen-bond donors (Lipinski definition) is 1. The number of anilines is 1. The standard InChI is InChI=1S/C14H17F3N2O2/c1-3-10-13(20)19(4-2)9-7-8(5-6-11(9)21-10)12(18)14(15,16)17/h5-7,10,12H,3-4,18H2,1-2H3. The van der Waals surface area contributed by atoms with Gasteiger partial charge in [-0.05, 0) is 31.0 Å². The van der Waals surface area contributed by atoms with Crippen molar-refractivity contribution in [2.24, 2.45) is 5.73 Å². The largest absolute Gasteiger partial charge is 0.478 e. The Balaban J connectivity index is 2.44. The lowest BCUT2D eigenvalue weighted by atomic mass is 10.0. The van der Waals surface area contributed by atoms with E-state index in [-0.39, 0.29) is 11.5 Å². The van der Waals surface area contributed by atoms with Gasteiger partial charge in [-0.3, -0.25) is 4.79 Å². The predicted octanol–water partition coefficient (Wildman–Crippen LogP) is 2.77. The predicted molar refractivity (Wildman–Crippen MR) is 72.2 cm³/mol. The second-order valence-corrected chi connectivity index (χ2v) is 4.84. The van der Waals surface area contributed by atoms with Crippen LogP contribution in [0.3, 0.4) is 0 Å². The van der Waals surface area contributed by atoms with Gasteiger partial charge in [0.1, 0.15) is 11.8 Å². The minimum absolute atomic E-state index is 0.0916. The van der Waals surface area contributed by atoms with Crippen molar-refractivity contribution in [2.45, 2.75) is 38.6 Å². The van der Waals surface area contributed by atoms with Crippen molar-refractivity contribution in [2.75, 3.05) is 11.4 Å². The first kappa shape index (κ1) is 15.6. The molecule has 1 aromatic rings. The Morgan fingerprint density at radius 2 is 2.05 bits per heavy atom. The van der Waals surface area contributed by atoms with E-state index in [0.29, 0.717) is 24.4 Å². The molecule has 1 aliphatic heterocycles. The molecule has 2 unspecified atom stereocenters. The number of benzene rings is 1. The van der Waals surface area contributed by atoms with Gasteiger partial charge in [0.05, 0.1) is 5.69 Å². The van der Waals surface area contributed by atoms with Crippen molar-refractivity contribution in [3.05, 3.63) is 23.8 Å². The lowest BCUT2D eigenvalue weighted by Crippen LogP contribution is -2.45. The van der Waals surface area contributed by atoms with Crippen molar-refractivity contribution >= 4 is 11.6 Å². The molecule has 0 spiro atoms. The van der Waals surface area contributed by atoms with E-state index in [9.17, 15) is 18.0 Å². The summed E-state index contributed by atoms with van der Waals surface area (Å²) in [5, 5.41) is 0. The molecule has 7 heteroatoms. The molecule has 4 nitrogen and oxygen atoms in total. The highest BCUT2D eigenvalue weighted by atomic mass is 19.4. The Bertz CT molecular complexity index is 546. The molecule has 21 heavy (non-hydrogen) atoms. The van der Waals surface area contributed by atoms with Crippen LogP contribution in [-0.2, 0) is 4.79 Å². The van der Waals surface area contributed by atoms with E-state index in [1.165, 1.54) is 23.1 Å². The molecular weight excluding hydrogens is 285 g/mol. The van der Waals surface area contributed by atoms with Crippen LogP contribution in [-0.4, -0.2) is 24.7 Å². The van der Waals surface area contributed by atoms with Crippen molar-refractivity contribution < 1.29 is 22.7 Å². The van der Waals surface area contributed by atoms with Gasteiger partial charge in [-0.15, -0.1) is 0 Å². The van der Waals surface area contributed by atoms with Gasteiger partial charge >= 0.3 is 6.18 Å². The van der Waals surface area contributed by atoms with Gasteiger partial charge in [0.15, 0.2) is 6.10 Å². The molecule has 116 valence electrons. The smallest absolute Gasteiger partial charge is 0.407 e. The monoisotopic (exact) mass is 302 g/mol. The molecule has 0 saturated heterocycles. The summed E-state index contributed by atoms with van der Waals surface area (Å²) >= 11 is 0. The van der Waals surface area contributed by atoms with Crippen molar-refractivity contribution in [1.29, 1.82) is 0 Å². The molecular formula is C14H17F3N2O2. The van der Waals surface area contributed by atoms with Gasteiger partial charge in [0.25, 0.3) is 5.91 Å². The molecule has 0 aromatic heterocycles. The maximum atomic E-state index is 12.7. The average Bonchev–Trinajstić information content (AvgIpc) is 2.44. The molecule has 1 amide bonds. The third kappa shape index (κ3) is 2.83. The second kappa shape index (κ2) is 5.55. The first-order valence-electron chi connectivity index (χ1n) is 6.73. The van der Waals surface area contributed by atoms with E-state index in [2.05, 4.69) is 0 Å². The number of carbonyl (C=O) groups excluding carboxylic acids is 1. The zero-order valence-corrected chi connectivity index (χ0v) is 11.8. The summed E-state index contributed by atoms with van der Waals surface area (Å²) < 4.78 is 43.6. The first-order valence-corrected chi connectivity index (χ1v) is 6.73. The van der Waals surface area contributed by atoms with E-state index >= 15 is 0 Å². The lowest BCUT2D eigenvalue weighted by Gasteiger charge is -2.34. The number of carbonyl (C=O) groups is 1. The zero-order chi connectivity index (χ0) is 15.8. The number of fused-ring (bicyclic) bond motifs is 1. The minimum atomic E-state index is -4.53. The number of likely N-dealkylation sites (N-methyl/N-ethyl adjacent to an activating group) is 1. The second-order valence-electron chi connectivity index (χ2n) is 4.84. The van der Waals surface area contributed by atoms with Crippen LogP contribution >= 0.6 is 0 Å². The van der Waals surface area contributed by atoms with Crippen molar-refractivity contribution in [1.82, 2.24) is 0 Å². The highest BCUT2D eigenvalue weighted by molar-refractivity contribution is 6.00. The third-order valence-electron chi connectivity index (χ3n) is 3.48. The molecule has 0 fully saturated rings. The zero-order valence-electron chi connectivity index (χ0n) is 11.8. The van der Waals surface area contributed by atoms with Crippen LogP contribution in [0.25, 0.3) is 0 Å². The maximum Gasteiger partial charge on any atom is 0.407 e. The molecule has 0 saturated carbocycles.